The van der Waals surface area contributed by atoms with E-state index in [4.69, 9.17) is 9.47 Å². The van der Waals surface area contributed by atoms with Crippen LogP contribution >= 0.6 is 0 Å². The number of carbonyl (C=O) groups is 3. The second kappa shape index (κ2) is 14.3. The number of rotatable bonds is 10. The quantitative estimate of drug-likeness (QED) is 0.294. The third-order valence-electron chi connectivity index (χ3n) is 6.99. The number of benzene rings is 3. The predicted octanol–water partition coefficient (Wildman–Crippen LogP) is 3.93. The summed E-state index contributed by atoms with van der Waals surface area (Å²) in [6.07, 6.45) is -1.51. The molecule has 4 rings (SSSR count). The highest BCUT2D eigenvalue weighted by Gasteiger charge is 2.30. The summed E-state index contributed by atoms with van der Waals surface area (Å²) < 4.78 is 10.6. The monoisotopic (exact) mass is 561 g/mol. The summed E-state index contributed by atoms with van der Waals surface area (Å²) in [5.41, 5.74) is 4.33. The van der Waals surface area contributed by atoms with Gasteiger partial charge in [0.1, 0.15) is 6.04 Å². The largest absolute Gasteiger partial charge is 0.465 e. The lowest BCUT2D eigenvalue weighted by molar-refractivity contribution is -0.118. The molecule has 1 aliphatic heterocycles. The Balaban J connectivity index is 1.46. The molecule has 3 aromatic carbocycles. The van der Waals surface area contributed by atoms with Crippen molar-refractivity contribution in [2.75, 3.05) is 32.1 Å². The highest BCUT2D eigenvalue weighted by molar-refractivity contribution is 5.97. The van der Waals surface area contributed by atoms with E-state index in [-0.39, 0.29) is 26.1 Å². The Labute approximate surface area is 238 Å². The second-order valence-corrected chi connectivity index (χ2v) is 9.89. The van der Waals surface area contributed by atoms with Gasteiger partial charge in [0.15, 0.2) is 0 Å². The number of para-hydroxylation sites is 1. The molecule has 0 aliphatic carbocycles. The number of alkyl carbamates (subject to hydrolysis) is 1. The molecule has 0 saturated carbocycles. The minimum absolute atomic E-state index is 0.123. The van der Waals surface area contributed by atoms with Gasteiger partial charge in [0, 0.05) is 12.1 Å². The Kier molecular flexibility index (Phi) is 10.3. The normalized spacial score (nSPS) is 17.4. The summed E-state index contributed by atoms with van der Waals surface area (Å²) in [6, 6.07) is 24.1. The van der Waals surface area contributed by atoms with Crippen molar-refractivity contribution in [3.63, 3.8) is 0 Å². The first-order valence-electron chi connectivity index (χ1n) is 13.5. The van der Waals surface area contributed by atoms with Gasteiger partial charge >= 0.3 is 12.2 Å². The number of amides is 3. The van der Waals surface area contributed by atoms with Crippen molar-refractivity contribution in [3.05, 3.63) is 90.0 Å². The molecule has 3 amide bonds. The average molecular weight is 562 g/mol. The minimum atomic E-state index is -1.05. The smallest absolute Gasteiger partial charge is 0.407 e. The molecule has 41 heavy (non-hydrogen) atoms. The number of methoxy groups -OCH3 is 1. The number of hydrogen-bond donors (Lipinski definition) is 4. The Morgan fingerprint density at radius 1 is 0.976 bits per heavy atom. The number of carboxylic acid groups (broad SMARTS) is 1. The number of hydrogen-bond acceptors (Lipinski definition) is 6. The van der Waals surface area contributed by atoms with Gasteiger partial charge in [-0.1, -0.05) is 72.8 Å². The molecule has 0 spiro atoms. The van der Waals surface area contributed by atoms with Crippen LogP contribution in [0.2, 0.25) is 0 Å². The summed E-state index contributed by atoms with van der Waals surface area (Å²) >= 11 is 0. The Morgan fingerprint density at radius 2 is 1.68 bits per heavy atom. The standard InChI is InChI=1S/C31H35N3O7/c1-40-30(37)33-28(17-21-8-7-12-24(16-21)22-9-3-2-4-10-22)29(36)32-27-13-6-5-11-23(27)14-15-25-18-34(31(38)39)19-26(20-35)41-25/h2-13,16,25-26,28,35H,14-15,17-20H2,1H3,(H,32,36)(H,33,37)(H,38,39)/t25?,26-,28-/m0/s1. The van der Waals surface area contributed by atoms with E-state index in [0.29, 0.717) is 18.5 Å². The third kappa shape index (κ3) is 8.29. The first-order valence-corrected chi connectivity index (χ1v) is 13.5. The molecule has 3 aromatic rings. The number of carbonyl (C=O) groups excluding carboxylic acids is 2. The lowest BCUT2D eigenvalue weighted by Crippen LogP contribution is -2.50. The molecule has 1 saturated heterocycles. The Morgan fingerprint density at radius 3 is 2.41 bits per heavy atom. The molecular formula is C31H35N3O7. The van der Waals surface area contributed by atoms with Gasteiger partial charge in [0.05, 0.1) is 39.0 Å². The fourth-order valence-electron chi connectivity index (χ4n) is 4.89. The summed E-state index contributed by atoms with van der Waals surface area (Å²) in [4.78, 5) is 38.4. The van der Waals surface area contributed by atoms with Crippen molar-refractivity contribution < 1.29 is 34.1 Å². The Bertz CT molecular complexity index is 1330. The number of nitrogens with one attached hydrogen (secondary N) is 2. The maximum Gasteiger partial charge on any atom is 0.407 e. The van der Waals surface area contributed by atoms with Crippen LogP contribution < -0.4 is 10.6 Å². The van der Waals surface area contributed by atoms with Crippen LogP contribution in [0.25, 0.3) is 11.1 Å². The maximum absolute atomic E-state index is 13.5. The van der Waals surface area contributed by atoms with E-state index in [0.717, 1.165) is 22.3 Å². The molecule has 0 bridgehead atoms. The molecule has 1 fully saturated rings. The highest BCUT2D eigenvalue weighted by atomic mass is 16.5. The molecule has 0 radical (unpaired) electrons. The van der Waals surface area contributed by atoms with Crippen molar-refractivity contribution in [1.29, 1.82) is 0 Å². The third-order valence-corrected chi connectivity index (χ3v) is 6.99. The predicted molar refractivity (Wildman–Crippen MR) is 154 cm³/mol. The fraction of sp³-hybridized carbons (Fsp3) is 0.323. The van der Waals surface area contributed by atoms with Gasteiger partial charge in [-0.2, -0.15) is 0 Å². The summed E-state index contributed by atoms with van der Waals surface area (Å²) in [6.45, 7) is 0.0567. The second-order valence-electron chi connectivity index (χ2n) is 9.89. The molecular weight excluding hydrogens is 526 g/mol. The molecule has 0 aromatic heterocycles. The van der Waals surface area contributed by atoms with Crippen LogP contribution in [-0.4, -0.2) is 78.3 Å². The summed E-state index contributed by atoms with van der Waals surface area (Å²) in [5.74, 6) is -0.403. The number of ether oxygens (including phenoxy) is 2. The van der Waals surface area contributed by atoms with E-state index < -0.39 is 36.3 Å². The zero-order valence-electron chi connectivity index (χ0n) is 22.9. The van der Waals surface area contributed by atoms with Crippen LogP contribution in [0.4, 0.5) is 15.3 Å². The lowest BCUT2D eigenvalue weighted by atomic mass is 9.99. The van der Waals surface area contributed by atoms with Gasteiger partial charge in [0.2, 0.25) is 5.91 Å². The van der Waals surface area contributed by atoms with Crippen molar-refractivity contribution in [1.82, 2.24) is 10.2 Å². The molecule has 4 N–H and O–H groups in total. The van der Waals surface area contributed by atoms with Gasteiger partial charge in [-0.25, -0.2) is 9.59 Å². The number of aliphatic hydroxyl groups is 1. The van der Waals surface area contributed by atoms with Crippen molar-refractivity contribution in [2.24, 2.45) is 0 Å². The number of morpholine rings is 1. The average Bonchev–Trinajstić information content (AvgIpc) is 3.00. The van der Waals surface area contributed by atoms with Crippen molar-refractivity contribution in [3.8, 4) is 11.1 Å². The summed E-state index contributed by atoms with van der Waals surface area (Å²) in [7, 11) is 1.25. The van der Waals surface area contributed by atoms with E-state index in [1.807, 2.05) is 66.7 Å². The molecule has 216 valence electrons. The molecule has 10 heteroatoms. The van der Waals surface area contributed by atoms with Gasteiger partial charge in [0.25, 0.3) is 0 Å². The zero-order chi connectivity index (χ0) is 29.2. The molecule has 3 atom stereocenters. The molecule has 10 nitrogen and oxygen atoms in total. The van der Waals surface area contributed by atoms with E-state index in [2.05, 4.69) is 10.6 Å². The first kappa shape index (κ1) is 29.6. The lowest BCUT2D eigenvalue weighted by Gasteiger charge is -2.36. The van der Waals surface area contributed by atoms with Crippen molar-refractivity contribution >= 4 is 23.8 Å². The minimum Gasteiger partial charge on any atom is -0.465 e. The van der Waals surface area contributed by atoms with Gasteiger partial charge in [-0.05, 0) is 41.2 Å². The number of nitrogens with zero attached hydrogens (tertiary/aromatic N) is 1. The number of aliphatic hydroxyl groups excluding tert-OH is 1. The fourth-order valence-corrected chi connectivity index (χ4v) is 4.89. The van der Waals surface area contributed by atoms with E-state index in [1.54, 1.807) is 12.1 Å². The van der Waals surface area contributed by atoms with Gasteiger partial charge in [-0.15, -0.1) is 0 Å². The Hall–Kier alpha value is -4.41. The zero-order valence-corrected chi connectivity index (χ0v) is 22.9. The van der Waals surface area contributed by atoms with E-state index in [9.17, 15) is 24.6 Å². The van der Waals surface area contributed by atoms with Crippen LogP contribution in [-0.2, 0) is 27.1 Å². The van der Waals surface area contributed by atoms with Crippen LogP contribution in [0.5, 0.6) is 0 Å². The van der Waals surface area contributed by atoms with Gasteiger partial charge < -0.3 is 35.2 Å². The molecule has 1 unspecified atom stereocenters. The van der Waals surface area contributed by atoms with Gasteiger partial charge in [-0.3, -0.25) is 4.79 Å². The number of aryl methyl sites for hydroxylation is 1. The molecule has 1 aliphatic rings. The van der Waals surface area contributed by atoms with Crippen LogP contribution in [0.15, 0.2) is 78.9 Å². The van der Waals surface area contributed by atoms with Crippen LogP contribution in [0.3, 0.4) is 0 Å². The van der Waals surface area contributed by atoms with E-state index >= 15 is 0 Å². The highest BCUT2D eigenvalue weighted by Crippen LogP contribution is 2.23. The maximum atomic E-state index is 13.5. The molecule has 1 heterocycles. The van der Waals surface area contributed by atoms with Crippen molar-refractivity contribution in [2.45, 2.75) is 37.5 Å². The van der Waals surface area contributed by atoms with Crippen LogP contribution in [0.1, 0.15) is 17.5 Å². The van der Waals surface area contributed by atoms with E-state index in [1.165, 1.54) is 12.0 Å². The first-order chi connectivity index (χ1) is 19.9. The SMILES string of the molecule is COC(=O)N[C@@H](Cc1cccc(-c2ccccc2)c1)C(=O)Nc1ccccc1CCC1CN(C(=O)O)C[C@@H](CO)O1. The summed E-state index contributed by atoms with van der Waals surface area (Å²) in [5, 5.41) is 24.5. The topological polar surface area (TPSA) is 137 Å². The van der Waals surface area contributed by atoms with Crippen LogP contribution in [0, 0.1) is 0 Å². The number of anilines is 1.